The Morgan fingerprint density at radius 2 is 1.58 bits per heavy atom. The molecule has 0 spiro atoms. The van der Waals surface area contributed by atoms with Crippen LogP contribution in [0.4, 0.5) is 0 Å². The van der Waals surface area contributed by atoms with Crippen molar-refractivity contribution >= 4 is 15.0 Å². The summed E-state index contributed by atoms with van der Waals surface area (Å²) in [6, 6.07) is 0. The molecule has 68 valence electrons. The Bertz CT molecular complexity index is 158. The third kappa shape index (κ3) is 6.47. The lowest BCUT2D eigenvalue weighted by atomic mass is 10.5. The monoisotopic (exact) mass is 187 g/mol. The molecule has 0 saturated heterocycles. The van der Waals surface area contributed by atoms with Crippen molar-refractivity contribution in [1.82, 2.24) is 0 Å². The zero-order valence-electron chi connectivity index (χ0n) is 7.89. The molecule has 0 fully saturated rings. The SMILES string of the molecule is CC(C)[O][Al]([N]=[N+]=[N-])[O]C(C)C. The van der Waals surface area contributed by atoms with Crippen LogP contribution in [0.3, 0.4) is 0 Å². The largest absolute Gasteiger partial charge is 0.773 e. The smallest absolute Gasteiger partial charge is 0.474 e. The fourth-order valence-corrected chi connectivity index (χ4v) is 1.78. The number of rotatable bonds is 5. The molecule has 0 atom stereocenters. The summed E-state index contributed by atoms with van der Waals surface area (Å²) in [6.07, 6.45) is 0.0943. The molecule has 0 rings (SSSR count). The van der Waals surface area contributed by atoms with Crippen molar-refractivity contribution in [2.24, 2.45) is 4.10 Å². The molecule has 0 aromatic carbocycles. The van der Waals surface area contributed by atoms with Gasteiger partial charge in [0.05, 0.1) is 0 Å². The van der Waals surface area contributed by atoms with E-state index in [-0.39, 0.29) is 12.2 Å². The molecule has 5 nitrogen and oxygen atoms in total. The highest BCUT2D eigenvalue weighted by molar-refractivity contribution is 6.42. The topological polar surface area (TPSA) is 67.2 Å². The van der Waals surface area contributed by atoms with Crippen molar-refractivity contribution in [2.75, 3.05) is 0 Å². The van der Waals surface area contributed by atoms with Gasteiger partial charge in [0.15, 0.2) is 0 Å². The van der Waals surface area contributed by atoms with E-state index in [1.807, 2.05) is 27.7 Å². The lowest BCUT2D eigenvalue weighted by molar-refractivity contribution is 0.130. The Morgan fingerprint density at radius 1 is 1.17 bits per heavy atom. The van der Waals surface area contributed by atoms with E-state index in [1.165, 1.54) is 0 Å². The van der Waals surface area contributed by atoms with Crippen LogP contribution in [-0.4, -0.2) is 27.2 Å². The Morgan fingerprint density at radius 3 is 1.83 bits per heavy atom. The summed E-state index contributed by atoms with van der Waals surface area (Å²) in [4.78, 5) is 2.68. The summed E-state index contributed by atoms with van der Waals surface area (Å²) in [5.74, 6) is 0. The van der Waals surface area contributed by atoms with Crippen molar-refractivity contribution in [1.29, 1.82) is 0 Å². The Hall–Kier alpha value is -0.238. The molecule has 12 heavy (non-hydrogen) atoms. The van der Waals surface area contributed by atoms with Gasteiger partial charge in [-0.3, -0.25) is 0 Å². The summed E-state index contributed by atoms with van der Waals surface area (Å²) >= 11 is -2.14. The number of hydrogen-bond acceptors (Lipinski definition) is 3. The van der Waals surface area contributed by atoms with Crippen molar-refractivity contribution in [3.8, 4) is 0 Å². The summed E-state index contributed by atoms with van der Waals surface area (Å²) in [5.41, 5.74) is 8.20. The van der Waals surface area contributed by atoms with Crippen LogP contribution < -0.4 is 0 Å². The zero-order valence-corrected chi connectivity index (χ0v) is 9.04. The maximum Gasteiger partial charge on any atom is 0.773 e. The van der Waals surface area contributed by atoms with Gasteiger partial charge in [-0.15, -0.1) is 4.10 Å². The fraction of sp³-hybridized carbons (Fsp3) is 1.00. The predicted molar refractivity (Wildman–Crippen MR) is 47.3 cm³/mol. The molecule has 0 unspecified atom stereocenters. The predicted octanol–water partition coefficient (Wildman–Crippen LogP) is 2.13. The van der Waals surface area contributed by atoms with Gasteiger partial charge in [-0.1, -0.05) is 0 Å². The van der Waals surface area contributed by atoms with E-state index < -0.39 is 15.0 Å². The van der Waals surface area contributed by atoms with E-state index >= 15 is 0 Å². The highest BCUT2D eigenvalue weighted by Crippen LogP contribution is 2.01. The normalized spacial score (nSPS) is 10.2. The van der Waals surface area contributed by atoms with Crippen LogP contribution >= 0.6 is 0 Å². The van der Waals surface area contributed by atoms with E-state index in [0.717, 1.165) is 0 Å². The van der Waals surface area contributed by atoms with Crippen LogP contribution in [-0.2, 0) is 7.58 Å². The summed E-state index contributed by atoms with van der Waals surface area (Å²) < 4.78 is 14.1. The second-order valence-electron chi connectivity index (χ2n) is 2.88. The number of azide groups is 1. The maximum atomic E-state index is 8.20. The fourth-order valence-electron chi connectivity index (χ4n) is 0.594. The first kappa shape index (κ1) is 11.8. The van der Waals surface area contributed by atoms with Gasteiger partial charge in [0.25, 0.3) is 0 Å². The van der Waals surface area contributed by atoms with Crippen molar-refractivity contribution in [3.63, 3.8) is 0 Å². The average Bonchev–Trinajstić information content (AvgIpc) is 1.84. The van der Waals surface area contributed by atoms with Crippen LogP contribution in [0.15, 0.2) is 4.10 Å². The summed E-state index contributed by atoms with van der Waals surface area (Å²) in [7, 11) is 0. The van der Waals surface area contributed by atoms with Crippen molar-refractivity contribution < 1.29 is 7.58 Å². The van der Waals surface area contributed by atoms with E-state index in [0.29, 0.717) is 0 Å². The highest BCUT2D eigenvalue weighted by Gasteiger charge is 2.26. The second-order valence-corrected chi connectivity index (χ2v) is 4.27. The first-order valence-corrected chi connectivity index (χ1v) is 5.37. The molecule has 0 aromatic heterocycles. The van der Waals surface area contributed by atoms with Gasteiger partial charge in [0.2, 0.25) is 0 Å². The molecule has 0 saturated carbocycles. The lowest BCUT2D eigenvalue weighted by Gasteiger charge is -2.14. The first-order valence-electron chi connectivity index (χ1n) is 3.91. The maximum absolute atomic E-state index is 8.20. The van der Waals surface area contributed by atoms with Crippen molar-refractivity contribution in [2.45, 2.75) is 39.9 Å². The highest BCUT2D eigenvalue weighted by atomic mass is 27.2. The molecule has 0 aliphatic heterocycles. The first-order chi connectivity index (χ1) is 5.56. The summed E-state index contributed by atoms with van der Waals surface area (Å²) in [5, 5.41) is 0. The lowest BCUT2D eigenvalue weighted by Crippen LogP contribution is -2.27. The van der Waals surface area contributed by atoms with E-state index in [2.05, 4.69) is 9.01 Å². The molecule has 0 amide bonds. The Kier molecular flexibility index (Phi) is 6.17. The van der Waals surface area contributed by atoms with E-state index in [1.54, 1.807) is 0 Å². The number of nitrogens with zero attached hydrogens (tertiary/aromatic N) is 3. The van der Waals surface area contributed by atoms with Crippen LogP contribution in [0.5, 0.6) is 0 Å². The third-order valence-electron chi connectivity index (χ3n) is 0.923. The number of hydrogen-bond donors (Lipinski definition) is 0. The standard InChI is InChI=1S/2C3H7O.Al.N3/c2*1-3(2)4;;1-3-2/h2*3H,1-2H3;;/q2*-1;+3;-1. The third-order valence-corrected chi connectivity index (χ3v) is 2.77. The Balaban J connectivity index is 3.95. The van der Waals surface area contributed by atoms with Crippen LogP contribution in [0.1, 0.15) is 27.7 Å². The van der Waals surface area contributed by atoms with Crippen LogP contribution in [0.2, 0.25) is 0 Å². The van der Waals surface area contributed by atoms with Crippen molar-refractivity contribution in [3.05, 3.63) is 10.4 Å². The molecule has 6 heteroatoms. The average molecular weight is 187 g/mol. The molecule has 0 bridgehead atoms. The van der Waals surface area contributed by atoms with Gasteiger partial charge in [-0.25, -0.2) is 0 Å². The van der Waals surface area contributed by atoms with Crippen LogP contribution in [0.25, 0.3) is 10.4 Å². The van der Waals surface area contributed by atoms with E-state index in [4.69, 9.17) is 13.1 Å². The minimum Gasteiger partial charge on any atom is -0.474 e. The van der Waals surface area contributed by atoms with Gasteiger partial charge in [0, 0.05) is 12.2 Å². The molecular formula is C6H14AlN3O2. The van der Waals surface area contributed by atoms with Gasteiger partial charge in [-0.2, -0.15) is 0 Å². The molecule has 0 aliphatic rings. The molecule has 0 radical (unpaired) electrons. The molecule has 0 heterocycles. The molecule has 0 aromatic rings. The quantitative estimate of drug-likeness (QED) is 0.286. The molecule has 0 aliphatic carbocycles. The van der Waals surface area contributed by atoms with Gasteiger partial charge in [-0.05, 0) is 38.1 Å². The second kappa shape index (κ2) is 6.30. The minimum absolute atomic E-state index is 0.0471. The Labute approximate surface area is 77.6 Å². The van der Waals surface area contributed by atoms with E-state index in [9.17, 15) is 0 Å². The van der Waals surface area contributed by atoms with Gasteiger partial charge in [0.1, 0.15) is 0 Å². The minimum atomic E-state index is -2.14. The zero-order chi connectivity index (χ0) is 9.56. The molecule has 0 N–H and O–H groups in total. The van der Waals surface area contributed by atoms with Gasteiger partial charge >= 0.3 is 15.0 Å². The summed E-state index contributed by atoms with van der Waals surface area (Å²) in [6.45, 7) is 7.54. The molecular weight excluding hydrogens is 173 g/mol. The van der Waals surface area contributed by atoms with Gasteiger partial charge < -0.3 is 7.58 Å². The van der Waals surface area contributed by atoms with Crippen LogP contribution in [0, 0.1) is 0 Å².